The number of hydrogen-bond acceptors (Lipinski definition) is 6. The zero-order valence-corrected chi connectivity index (χ0v) is 13.2. The summed E-state index contributed by atoms with van der Waals surface area (Å²) in [6.07, 6.45) is 1.12. The maximum absolute atomic E-state index is 10.6. The molecule has 0 saturated carbocycles. The Balaban J connectivity index is 0. The molecule has 7 N–H and O–H groups in total. The highest BCUT2D eigenvalue weighted by Gasteiger charge is 2.27. The molecule has 0 aliphatic rings. The summed E-state index contributed by atoms with van der Waals surface area (Å²) in [4.78, 5) is 33.7. The molecule has 126 valence electrons. The summed E-state index contributed by atoms with van der Waals surface area (Å²) in [6.45, 7) is 3.82. The first-order valence-corrected chi connectivity index (χ1v) is 7.15. The van der Waals surface area contributed by atoms with Crippen LogP contribution in [0.3, 0.4) is 0 Å². The lowest BCUT2D eigenvalue weighted by Crippen LogP contribution is -2.47. The molecule has 0 rings (SSSR count). The summed E-state index contributed by atoms with van der Waals surface area (Å²) in [5, 5.41) is 24.3. The van der Waals surface area contributed by atoms with E-state index in [1.165, 1.54) is 18.7 Å². The first kappa shape index (κ1) is 22.2. The quantitative estimate of drug-likeness (QED) is 0.171. The molecule has 1 unspecified atom stereocenters. The maximum Gasteiger partial charge on any atom is 0.328 e. The lowest BCUT2D eigenvalue weighted by atomic mass is 10.1. The molecule has 0 aromatic heterocycles. The highest BCUT2D eigenvalue weighted by atomic mass is 32.2. The minimum Gasteiger partial charge on any atom is -0.480 e. The molecule has 0 aliphatic heterocycles. The molecule has 1 atom stereocenters. The summed E-state index contributed by atoms with van der Waals surface area (Å²) in [5.74, 6) is -1.85. The highest BCUT2D eigenvalue weighted by molar-refractivity contribution is 7.99. The van der Waals surface area contributed by atoms with Crippen LogP contribution in [-0.4, -0.2) is 62.7 Å². The van der Waals surface area contributed by atoms with Gasteiger partial charge in [-0.05, 0) is 13.8 Å². The Morgan fingerprint density at radius 2 is 1.64 bits per heavy atom. The van der Waals surface area contributed by atoms with E-state index in [-0.39, 0.29) is 0 Å². The van der Waals surface area contributed by atoms with E-state index in [0.29, 0.717) is 30.3 Å². The SMILES string of the molecule is CC(N)=NCCSCC(C)(N)C(=O)O.O=C(O)/C=C\C(=O)O. The van der Waals surface area contributed by atoms with Crippen molar-refractivity contribution in [1.82, 2.24) is 0 Å². The number of thioether (sulfide) groups is 1. The third kappa shape index (κ3) is 16.0. The zero-order valence-electron chi connectivity index (χ0n) is 12.4. The fourth-order valence-corrected chi connectivity index (χ4v) is 1.69. The number of hydrogen-bond donors (Lipinski definition) is 5. The van der Waals surface area contributed by atoms with Gasteiger partial charge < -0.3 is 26.8 Å². The molecule has 9 nitrogen and oxygen atoms in total. The maximum atomic E-state index is 10.6. The molecular formula is C12H21N3O6S. The Bertz CT molecular complexity index is 428. The van der Waals surface area contributed by atoms with Gasteiger partial charge in [0.25, 0.3) is 0 Å². The van der Waals surface area contributed by atoms with Crippen molar-refractivity contribution in [2.24, 2.45) is 16.5 Å². The van der Waals surface area contributed by atoms with Crippen molar-refractivity contribution in [2.45, 2.75) is 19.4 Å². The van der Waals surface area contributed by atoms with Gasteiger partial charge in [0.2, 0.25) is 0 Å². The molecule has 0 heterocycles. The first-order chi connectivity index (χ1) is 9.99. The van der Waals surface area contributed by atoms with Gasteiger partial charge in [-0.3, -0.25) is 9.79 Å². The van der Waals surface area contributed by atoms with E-state index >= 15 is 0 Å². The molecule has 0 aliphatic carbocycles. The number of aliphatic imine (C=N–C) groups is 1. The van der Waals surface area contributed by atoms with Crippen molar-refractivity contribution in [2.75, 3.05) is 18.1 Å². The number of nitrogens with two attached hydrogens (primary N) is 2. The van der Waals surface area contributed by atoms with Gasteiger partial charge in [-0.2, -0.15) is 11.8 Å². The van der Waals surface area contributed by atoms with Crippen LogP contribution >= 0.6 is 11.8 Å². The Morgan fingerprint density at radius 3 is 1.95 bits per heavy atom. The van der Waals surface area contributed by atoms with Crippen LogP contribution in [0.4, 0.5) is 0 Å². The fourth-order valence-electron chi connectivity index (χ4n) is 0.775. The molecule has 0 amide bonds. The number of carbonyl (C=O) groups is 3. The number of rotatable bonds is 8. The van der Waals surface area contributed by atoms with E-state index in [0.717, 1.165) is 5.75 Å². The number of carboxylic acid groups (broad SMARTS) is 3. The minimum absolute atomic E-state index is 0.376. The van der Waals surface area contributed by atoms with E-state index in [2.05, 4.69) is 4.99 Å². The number of amidine groups is 1. The number of nitrogens with zero attached hydrogens (tertiary/aromatic N) is 1. The second-order valence-electron chi connectivity index (χ2n) is 4.31. The Hall–Kier alpha value is -2.07. The van der Waals surface area contributed by atoms with Crippen LogP contribution in [0.25, 0.3) is 0 Å². The van der Waals surface area contributed by atoms with Gasteiger partial charge in [0.15, 0.2) is 0 Å². The van der Waals surface area contributed by atoms with Gasteiger partial charge in [-0.15, -0.1) is 0 Å². The summed E-state index contributed by atoms with van der Waals surface area (Å²) in [7, 11) is 0. The average molecular weight is 335 g/mol. The molecule has 0 aromatic rings. The molecule has 0 fully saturated rings. The van der Waals surface area contributed by atoms with Gasteiger partial charge in [0.1, 0.15) is 5.54 Å². The topological polar surface area (TPSA) is 176 Å². The summed E-state index contributed by atoms with van der Waals surface area (Å²) < 4.78 is 0. The Morgan fingerprint density at radius 1 is 1.18 bits per heavy atom. The summed E-state index contributed by atoms with van der Waals surface area (Å²) in [6, 6.07) is 0. The van der Waals surface area contributed by atoms with Crippen LogP contribution in [0.1, 0.15) is 13.8 Å². The van der Waals surface area contributed by atoms with Crippen LogP contribution in [0.5, 0.6) is 0 Å². The molecule has 0 saturated heterocycles. The van der Waals surface area contributed by atoms with Gasteiger partial charge >= 0.3 is 17.9 Å². The molecule has 0 spiro atoms. The summed E-state index contributed by atoms with van der Waals surface area (Å²) in [5.41, 5.74) is 9.69. The van der Waals surface area contributed by atoms with Gasteiger partial charge in [0, 0.05) is 30.2 Å². The van der Waals surface area contributed by atoms with Crippen molar-refractivity contribution < 1.29 is 29.7 Å². The Labute approximate surface area is 132 Å². The van der Waals surface area contributed by atoms with E-state index in [1.807, 2.05) is 0 Å². The lowest BCUT2D eigenvalue weighted by Gasteiger charge is -2.17. The fraction of sp³-hybridized carbons (Fsp3) is 0.500. The van der Waals surface area contributed by atoms with Gasteiger partial charge in [0.05, 0.1) is 5.84 Å². The standard InChI is InChI=1S/C8H17N3O2S.C4H4O4/c1-6(9)11-3-4-14-5-8(2,10)7(12)13;5-3(6)1-2-4(7)8/h3-5,10H2,1-2H3,(H2,9,11)(H,12,13);1-2H,(H,5,6)(H,7,8)/b;2-1-. The molecule has 10 heteroatoms. The predicted octanol–water partition coefficient (Wildman–Crippen LogP) is -0.389. The predicted molar refractivity (Wildman–Crippen MR) is 84.1 cm³/mol. The minimum atomic E-state index is -1.26. The van der Waals surface area contributed by atoms with Crippen molar-refractivity contribution in [3.63, 3.8) is 0 Å². The van der Waals surface area contributed by atoms with E-state index < -0.39 is 23.4 Å². The third-order valence-corrected chi connectivity index (χ3v) is 3.13. The van der Waals surface area contributed by atoms with Crippen molar-refractivity contribution in [1.29, 1.82) is 0 Å². The smallest absolute Gasteiger partial charge is 0.328 e. The van der Waals surface area contributed by atoms with E-state index in [1.54, 1.807) is 6.92 Å². The second-order valence-corrected chi connectivity index (χ2v) is 5.41. The van der Waals surface area contributed by atoms with E-state index in [9.17, 15) is 14.4 Å². The Kier molecular flexibility index (Phi) is 11.7. The number of aliphatic carboxylic acids is 3. The van der Waals surface area contributed by atoms with Crippen molar-refractivity contribution in [3.8, 4) is 0 Å². The van der Waals surface area contributed by atoms with Crippen molar-refractivity contribution >= 4 is 35.5 Å². The van der Waals surface area contributed by atoms with E-state index in [4.69, 9.17) is 26.8 Å². The van der Waals surface area contributed by atoms with Crippen LogP contribution in [0.15, 0.2) is 17.1 Å². The van der Waals surface area contributed by atoms with Crippen molar-refractivity contribution in [3.05, 3.63) is 12.2 Å². The second kappa shape index (κ2) is 11.6. The molecule has 0 aromatic carbocycles. The van der Waals surface area contributed by atoms with Crippen LogP contribution < -0.4 is 11.5 Å². The first-order valence-electron chi connectivity index (χ1n) is 5.99. The van der Waals surface area contributed by atoms with Crippen LogP contribution in [-0.2, 0) is 14.4 Å². The van der Waals surface area contributed by atoms with Gasteiger partial charge in [-0.25, -0.2) is 9.59 Å². The average Bonchev–Trinajstić information content (AvgIpc) is 2.36. The highest BCUT2D eigenvalue weighted by Crippen LogP contribution is 2.10. The molecular weight excluding hydrogens is 314 g/mol. The van der Waals surface area contributed by atoms with Crippen LogP contribution in [0, 0.1) is 0 Å². The largest absolute Gasteiger partial charge is 0.480 e. The zero-order chi connectivity index (χ0) is 17.8. The number of carboxylic acids is 3. The van der Waals surface area contributed by atoms with Gasteiger partial charge in [-0.1, -0.05) is 0 Å². The molecule has 22 heavy (non-hydrogen) atoms. The third-order valence-electron chi connectivity index (χ3n) is 1.86. The lowest BCUT2D eigenvalue weighted by molar-refractivity contribution is -0.141. The molecule has 0 radical (unpaired) electrons. The normalized spacial score (nSPS) is 13.9. The monoisotopic (exact) mass is 335 g/mol. The summed E-state index contributed by atoms with van der Waals surface area (Å²) >= 11 is 1.46. The molecule has 0 bridgehead atoms. The van der Waals surface area contributed by atoms with Crippen LogP contribution in [0.2, 0.25) is 0 Å².